The van der Waals surface area contributed by atoms with E-state index in [2.05, 4.69) is 20.4 Å². The summed E-state index contributed by atoms with van der Waals surface area (Å²) in [7, 11) is 0. The molecule has 0 radical (unpaired) electrons. The second kappa shape index (κ2) is 6.11. The lowest BCUT2D eigenvalue weighted by atomic mass is 9.61. The first kappa shape index (κ1) is 18.4. The summed E-state index contributed by atoms with van der Waals surface area (Å²) in [6.45, 7) is 12.4. The molecule has 3 fully saturated rings. The average Bonchev–Trinajstić information content (AvgIpc) is 2.93. The molecular weight excluding hydrogens is 320 g/mol. The topological polar surface area (TPSA) is 72.8 Å². The quantitative estimate of drug-likeness (QED) is 0.626. The van der Waals surface area contributed by atoms with Crippen LogP contribution >= 0.6 is 0 Å². The lowest BCUT2D eigenvalue weighted by Crippen LogP contribution is -2.48. The molecule has 2 saturated carbocycles. The minimum Gasteiger partial charge on any atom is -0.462 e. The van der Waals surface area contributed by atoms with Gasteiger partial charge in [0, 0.05) is 12.3 Å². The van der Waals surface area contributed by atoms with Crippen LogP contribution in [0.5, 0.6) is 0 Å². The third-order valence-corrected chi connectivity index (χ3v) is 6.91. The van der Waals surface area contributed by atoms with Crippen molar-refractivity contribution in [3.8, 4) is 0 Å². The maximum absolute atomic E-state index is 12.5. The highest BCUT2D eigenvalue weighted by Crippen LogP contribution is 2.65. The largest absolute Gasteiger partial charge is 0.462 e. The van der Waals surface area contributed by atoms with Crippen LogP contribution in [-0.4, -0.2) is 35.9 Å². The van der Waals surface area contributed by atoms with E-state index in [9.17, 15) is 14.7 Å². The van der Waals surface area contributed by atoms with E-state index in [1.54, 1.807) is 0 Å². The highest BCUT2D eigenvalue weighted by atomic mass is 16.5. The maximum Gasteiger partial charge on any atom is 0.319 e. The van der Waals surface area contributed by atoms with Crippen LogP contribution in [0, 0.1) is 28.6 Å². The molecule has 6 atom stereocenters. The predicted molar refractivity (Wildman–Crippen MR) is 92.5 cm³/mol. The third-order valence-electron chi connectivity index (χ3n) is 6.91. The van der Waals surface area contributed by atoms with Crippen LogP contribution in [0.1, 0.15) is 53.4 Å². The number of carbonyl (C=O) groups excluding carboxylic acids is 2. The summed E-state index contributed by atoms with van der Waals surface area (Å²) in [4.78, 5) is 24.8. The summed E-state index contributed by atoms with van der Waals surface area (Å²) in [5, 5.41) is 11.2. The lowest BCUT2D eigenvalue weighted by Gasteiger charge is -2.46. The van der Waals surface area contributed by atoms with Crippen molar-refractivity contribution in [2.24, 2.45) is 28.6 Å². The molecule has 1 saturated heterocycles. The smallest absolute Gasteiger partial charge is 0.319 e. The van der Waals surface area contributed by atoms with E-state index in [0.29, 0.717) is 24.3 Å². The maximum atomic E-state index is 12.5. The van der Waals surface area contributed by atoms with Crippen LogP contribution in [0.3, 0.4) is 0 Å². The Kier molecular flexibility index (Phi) is 4.51. The highest BCUT2D eigenvalue weighted by Gasteiger charge is 2.70. The molecule has 3 aliphatic rings. The Morgan fingerprint density at radius 1 is 1.44 bits per heavy atom. The van der Waals surface area contributed by atoms with Gasteiger partial charge in [0.25, 0.3) is 0 Å². The molecule has 0 aromatic carbocycles. The molecule has 0 aromatic rings. The van der Waals surface area contributed by atoms with Crippen molar-refractivity contribution in [1.29, 1.82) is 0 Å². The van der Waals surface area contributed by atoms with Crippen molar-refractivity contribution in [3.05, 3.63) is 12.2 Å². The Bertz CT molecular complexity index is 579. The lowest BCUT2D eigenvalue weighted by molar-refractivity contribution is -0.165. The number of hydrogen-bond acceptors (Lipinski definition) is 5. The standard InChI is InChI=1S/C20H30O5/c1-11(2)8-15(21)25-14-7-6-12(3)19(5)10-20(17(22)16(14)19)13(4)9-24-18(20)23/h11-12,14,16-17,22H,4,6-10H2,1-3,5H3. The number of esters is 2. The molecule has 1 heterocycles. The van der Waals surface area contributed by atoms with Crippen LogP contribution in [-0.2, 0) is 19.1 Å². The van der Waals surface area contributed by atoms with Crippen molar-refractivity contribution in [1.82, 2.24) is 0 Å². The van der Waals surface area contributed by atoms with Crippen LogP contribution in [0.2, 0.25) is 0 Å². The summed E-state index contributed by atoms with van der Waals surface area (Å²) in [5.41, 5.74) is -0.673. The number of aliphatic hydroxyl groups excluding tert-OH is 1. The second-order valence-corrected chi connectivity index (χ2v) is 8.91. The van der Waals surface area contributed by atoms with Gasteiger partial charge in [-0.05, 0) is 42.1 Å². The van der Waals surface area contributed by atoms with Gasteiger partial charge in [-0.25, -0.2) is 0 Å². The SMILES string of the molecule is C=C1COC(=O)C12CC1(C)C(C)CCC(OC(=O)CC(C)C)C1C2O. The van der Waals surface area contributed by atoms with Crippen LogP contribution in [0.15, 0.2) is 12.2 Å². The van der Waals surface area contributed by atoms with E-state index in [1.165, 1.54) is 0 Å². The summed E-state index contributed by atoms with van der Waals surface area (Å²) in [5.74, 6) is -0.314. The van der Waals surface area contributed by atoms with Gasteiger partial charge in [0.05, 0.1) is 6.10 Å². The molecule has 3 rings (SSSR count). The number of fused-ring (bicyclic) bond motifs is 1. The number of hydrogen-bond donors (Lipinski definition) is 1. The fourth-order valence-corrected chi connectivity index (χ4v) is 5.31. The van der Waals surface area contributed by atoms with Gasteiger partial charge in [0.1, 0.15) is 18.1 Å². The molecule has 2 aliphatic carbocycles. The molecular formula is C20H30O5. The van der Waals surface area contributed by atoms with Gasteiger partial charge in [-0.3, -0.25) is 9.59 Å². The van der Waals surface area contributed by atoms with Crippen molar-refractivity contribution < 1.29 is 24.2 Å². The van der Waals surface area contributed by atoms with Crippen LogP contribution < -0.4 is 0 Å². The van der Waals surface area contributed by atoms with E-state index in [1.807, 2.05) is 13.8 Å². The van der Waals surface area contributed by atoms with Crippen LogP contribution in [0.25, 0.3) is 0 Å². The van der Waals surface area contributed by atoms with E-state index in [4.69, 9.17) is 9.47 Å². The number of ether oxygens (including phenoxy) is 2. The van der Waals surface area contributed by atoms with Crippen molar-refractivity contribution in [3.63, 3.8) is 0 Å². The molecule has 1 N–H and O–H groups in total. The Hall–Kier alpha value is -1.36. The number of carbonyl (C=O) groups is 2. The zero-order valence-corrected chi connectivity index (χ0v) is 15.7. The van der Waals surface area contributed by atoms with E-state index >= 15 is 0 Å². The Morgan fingerprint density at radius 2 is 2.12 bits per heavy atom. The Balaban J connectivity index is 1.92. The van der Waals surface area contributed by atoms with Crippen molar-refractivity contribution >= 4 is 11.9 Å². The monoisotopic (exact) mass is 350 g/mol. The van der Waals surface area contributed by atoms with E-state index in [-0.39, 0.29) is 41.9 Å². The molecule has 6 unspecified atom stereocenters. The van der Waals surface area contributed by atoms with Crippen molar-refractivity contribution in [2.75, 3.05) is 6.61 Å². The first-order valence-electron chi connectivity index (χ1n) is 9.36. The molecule has 0 aromatic heterocycles. The number of rotatable bonds is 3. The molecule has 140 valence electrons. The fraction of sp³-hybridized carbons (Fsp3) is 0.800. The second-order valence-electron chi connectivity index (χ2n) is 8.91. The van der Waals surface area contributed by atoms with E-state index in [0.717, 1.165) is 12.8 Å². The minimum absolute atomic E-state index is 0.172. The zero-order chi connectivity index (χ0) is 18.6. The van der Waals surface area contributed by atoms with Gasteiger partial charge in [0.15, 0.2) is 0 Å². The minimum atomic E-state index is -1.04. The summed E-state index contributed by atoms with van der Waals surface area (Å²) in [6, 6.07) is 0. The Labute approximate surface area is 149 Å². The summed E-state index contributed by atoms with van der Waals surface area (Å²) < 4.78 is 11.0. The van der Waals surface area contributed by atoms with Gasteiger partial charge in [-0.15, -0.1) is 0 Å². The fourth-order valence-electron chi connectivity index (χ4n) is 5.31. The molecule has 1 spiro atoms. The molecule has 5 heteroatoms. The summed E-state index contributed by atoms with van der Waals surface area (Å²) >= 11 is 0. The molecule has 25 heavy (non-hydrogen) atoms. The third kappa shape index (κ3) is 2.62. The number of cyclic esters (lactones) is 1. The normalized spacial score (nSPS) is 43.4. The average molecular weight is 350 g/mol. The summed E-state index contributed by atoms with van der Waals surface area (Å²) in [6.07, 6.45) is 1.24. The molecule has 0 amide bonds. The first-order chi connectivity index (χ1) is 11.6. The van der Waals surface area contributed by atoms with Gasteiger partial charge < -0.3 is 14.6 Å². The Morgan fingerprint density at radius 3 is 2.68 bits per heavy atom. The molecule has 0 bridgehead atoms. The van der Waals surface area contributed by atoms with Crippen molar-refractivity contribution in [2.45, 2.75) is 65.6 Å². The predicted octanol–water partition coefficient (Wildman–Crippen LogP) is 2.86. The molecule has 5 nitrogen and oxygen atoms in total. The van der Waals surface area contributed by atoms with Gasteiger partial charge >= 0.3 is 11.9 Å². The number of aliphatic hydroxyl groups is 1. The van der Waals surface area contributed by atoms with E-state index < -0.39 is 11.5 Å². The first-order valence-corrected chi connectivity index (χ1v) is 9.36. The van der Waals surface area contributed by atoms with Crippen LogP contribution in [0.4, 0.5) is 0 Å². The van der Waals surface area contributed by atoms with Gasteiger partial charge in [-0.2, -0.15) is 0 Å². The zero-order valence-electron chi connectivity index (χ0n) is 15.7. The van der Waals surface area contributed by atoms with Gasteiger partial charge in [0.2, 0.25) is 0 Å². The molecule has 1 aliphatic heterocycles. The highest BCUT2D eigenvalue weighted by molar-refractivity contribution is 5.85. The van der Waals surface area contributed by atoms with Gasteiger partial charge in [-0.1, -0.05) is 34.3 Å².